The minimum atomic E-state index is -4.56. The number of carbonyl (C=O) groups is 2. The molecule has 2 aromatic carbocycles. The Labute approximate surface area is 165 Å². The predicted molar refractivity (Wildman–Crippen MR) is 102 cm³/mol. The number of rotatable bonds is 4. The molecule has 4 rings (SSSR count). The second-order valence-electron chi connectivity index (χ2n) is 6.86. The summed E-state index contributed by atoms with van der Waals surface area (Å²) < 4.78 is 41.3. The lowest BCUT2D eigenvalue weighted by Gasteiger charge is -2.15. The molecule has 29 heavy (non-hydrogen) atoms. The Morgan fingerprint density at radius 1 is 0.931 bits per heavy atom. The van der Waals surface area contributed by atoms with Crippen molar-refractivity contribution in [2.24, 2.45) is 0 Å². The number of para-hydroxylation sites is 1. The van der Waals surface area contributed by atoms with Gasteiger partial charge < -0.3 is 9.88 Å². The number of fused-ring (bicyclic) bond motifs is 1. The molecule has 4 nitrogen and oxygen atoms in total. The Bertz CT molecular complexity index is 1070. The molecule has 1 aliphatic rings. The fourth-order valence-corrected chi connectivity index (χ4v) is 3.70. The van der Waals surface area contributed by atoms with E-state index in [1.165, 1.54) is 18.2 Å². The number of nitrogens with one attached hydrogen (secondary N) is 1. The van der Waals surface area contributed by atoms with Crippen molar-refractivity contribution in [2.45, 2.75) is 25.1 Å². The fraction of sp³-hybridized carbons (Fsp3) is 0.182. The average molecular weight is 398 g/mol. The second-order valence-corrected chi connectivity index (χ2v) is 6.86. The zero-order valence-electron chi connectivity index (χ0n) is 15.2. The van der Waals surface area contributed by atoms with Crippen molar-refractivity contribution in [2.75, 3.05) is 5.32 Å². The lowest BCUT2D eigenvalue weighted by molar-refractivity contribution is -0.137. The second kappa shape index (κ2) is 7.24. The zero-order valence-corrected chi connectivity index (χ0v) is 15.2. The molecule has 1 N–H and O–H groups in total. The lowest BCUT2D eigenvalue weighted by atomic mass is 10.0. The first-order valence-corrected chi connectivity index (χ1v) is 9.12. The van der Waals surface area contributed by atoms with Crippen molar-refractivity contribution in [1.29, 1.82) is 0 Å². The first kappa shape index (κ1) is 19.0. The van der Waals surface area contributed by atoms with Crippen LogP contribution in [0.3, 0.4) is 0 Å². The molecular formula is C22H17F3N2O2. The highest BCUT2D eigenvalue weighted by Gasteiger charge is 2.36. The molecule has 0 bridgehead atoms. The fourth-order valence-electron chi connectivity index (χ4n) is 3.70. The van der Waals surface area contributed by atoms with Gasteiger partial charge in [0.25, 0.3) is 0 Å². The minimum absolute atomic E-state index is 0.152. The van der Waals surface area contributed by atoms with E-state index in [-0.39, 0.29) is 11.5 Å². The molecule has 1 aromatic heterocycles. The van der Waals surface area contributed by atoms with Crippen molar-refractivity contribution in [3.05, 3.63) is 89.2 Å². The van der Waals surface area contributed by atoms with E-state index in [4.69, 9.17) is 0 Å². The summed E-state index contributed by atoms with van der Waals surface area (Å²) >= 11 is 0. The molecule has 1 atom stereocenters. The molecule has 0 saturated carbocycles. The first-order chi connectivity index (χ1) is 13.9. The van der Waals surface area contributed by atoms with Crippen LogP contribution in [0.2, 0.25) is 0 Å². The summed E-state index contributed by atoms with van der Waals surface area (Å²) in [6.07, 6.45) is -4.14. The summed E-state index contributed by atoms with van der Waals surface area (Å²) in [6.45, 7) is 0.454. The van der Waals surface area contributed by atoms with Gasteiger partial charge >= 0.3 is 6.18 Å². The van der Waals surface area contributed by atoms with Crippen LogP contribution in [0.25, 0.3) is 0 Å². The van der Waals surface area contributed by atoms with Crippen LogP contribution in [-0.2, 0) is 17.5 Å². The molecule has 0 spiro atoms. The van der Waals surface area contributed by atoms with E-state index in [9.17, 15) is 22.8 Å². The van der Waals surface area contributed by atoms with Gasteiger partial charge in [-0.05, 0) is 30.7 Å². The summed E-state index contributed by atoms with van der Waals surface area (Å²) in [4.78, 5) is 25.5. The van der Waals surface area contributed by atoms with Crippen molar-refractivity contribution in [1.82, 2.24) is 4.57 Å². The quantitative estimate of drug-likeness (QED) is 0.638. The summed E-state index contributed by atoms with van der Waals surface area (Å²) in [6, 6.07) is 17.0. The Morgan fingerprint density at radius 2 is 1.62 bits per heavy atom. The van der Waals surface area contributed by atoms with E-state index >= 15 is 0 Å². The van der Waals surface area contributed by atoms with Crippen LogP contribution in [-0.4, -0.2) is 16.3 Å². The number of carbonyl (C=O) groups excluding carboxylic acids is 2. The number of halogens is 3. The number of aromatic nitrogens is 1. The molecule has 0 radical (unpaired) electrons. The van der Waals surface area contributed by atoms with Gasteiger partial charge in [0, 0.05) is 17.8 Å². The smallest absolute Gasteiger partial charge is 0.341 e. The Kier molecular flexibility index (Phi) is 4.74. The molecule has 148 valence electrons. The monoisotopic (exact) mass is 398 g/mol. The van der Waals surface area contributed by atoms with Crippen LogP contribution in [0.1, 0.15) is 39.6 Å². The van der Waals surface area contributed by atoms with Gasteiger partial charge in [-0.2, -0.15) is 13.2 Å². The Hall–Kier alpha value is -3.35. The van der Waals surface area contributed by atoms with Gasteiger partial charge in [0.1, 0.15) is 0 Å². The molecule has 1 aliphatic heterocycles. The molecule has 3 aromatic rings. The molecule has 0 unspecified atom stereocenters. The van der Waals surface area contributed by atoms with E-state index in [0.29, 0.717) is 29.9 Å². The molecule has 2 heterocycles. The largest absolute Gasteiger partial charge is 0.418 e. The van der Waals surface area contributed by atoms with Crippen LogP contribution in [0.4, 0.5) is 18.9 Å². The standard InChI is InChI=1S/C22H17F3N2O2/c23-22(24,25)16-8-4-5-9-17(16)26-21(29)15-12-13-27-18(15)10-11-19(27)20(28)14-6-2-1-3-7-14/h1-11,15H,12-13H2,(H,26,29)/t15-/m0/s1. The van der Waals surface area contributed by atoms with E-state index in [2.05, 4.69) is 5.32 Å². The summed E-state index contributed by atoms with van der Waals surface area (Å²) in [5.41, 5.74) is 0.487. The molecule has 0 fully saturated rings. The van der Waals surface area contributed by atoms with Crippen molar-refractivity contribution in [3.8, 4) is 0 Å². The maximum Gasteiger partial charge on any atom is 0.418 e. The molecule has 0 aliphatic carbocycles. The Balaban J connectivity index is 1.58. The summed E-state index contributed by atoms with van der Waals surface area (Å²) in [7, 11) is 0. The van der Waals surface area contributed by atoms with Crippen LogP contribution >= 0.6 is 0 Å². The topological polar surface area (TPSA) is 51.1 Å². The number of anilines is 1. The number of nitrogens with zero attached hydrogens (tertiary/aromatic N) is 1. The van der Waals surface area contributed by atoms with Gasteiger partial charge in [-0.3, -0.25) is 9.59 Å². The van der Waals surface area contributed by atoms with Gasteiger partial charge in [-0.15, -0.1) is 0 Å². The molecule has 0 saturated heterocycles. The van der Waals surface area contributed by atoms with Gasteiger partial charge in [-0.25, -0.2) is 0 Å². The maximum absolute atomic E-state index is 13.2. The highest BCUT2D eigenvalue weighted by Crippen LogP contribution is 2.36. The predicted octanol–water partition coefficient (Wildman–Crippen LogP) is 4.86. The van der Waals surface area contributed by atoms with E-state index in [1.807, 2.05) is 6.07 Å². The highest BCUT2D eigenvalue weighted by atomic mass is 19.4. The van der Waals surface area contributed by atoms with Crippen LogP contribution in [0, 0.1) is 0 Å². The molecular weight excluding hydrogens is 381 g/mol. The SMILES string of the molecule is O=C(c1ccccc1)c1ccc2n1CC[C@@H]2C(=O)Nc1ccccc1C(F)(F)F. The third-order valence-corrected chi connectivity index (χ3v) is 5.09. The number of hydrogen-bond donors (Lipinski definition) is 1. The number of alkyl halides is 3. The van der Waals surface area contributed by atoms with Crippen molar-refractivity contribution >= 4 is 17.4 Å². The third-order valence-electron chi connectivity index (χ3n) is 5.09. The van der Waals surface area contributed by atoms with E-state index in [0.717, 1.165) is 6.07 Å². The normalized spacial score (nSPS) is 15.8. The van der Waals surface area contributed by atoms with Gasteiger partial charge in [0.05, 0.1) is 22.9 Å². The summed E-state index contributed by atoms with van der Waals surface area (Å²) in [5.74, 6) is -1.29. The maximum atomic E-state index is 13.2. The van der Waals surface area contributed by atoms with Crippen molar-refractivity contribution < 1.29 is 22.8 Å². The Morgan fingerprint density at radius 3 is 2.34 bits per heavy atom. The van der Waals surface area contributed by atoms with Gasteiger partial charge in [0.2, 0.25) is 11.7 Å². The van der Waals surface area contributed by atoms with Gasteiger partial charge in [-0.1, -0.05) is 42.5 Å². The van der Waals surface area contributed by atoms with Crippen LogP contribution in [0.5, 0.6) is 0 Å². The molecule has 1 amide bonds. The van der Waals surface area contributed by atoms with E-state index < -0.39 is 23.6 Å². The first-order valence-electron chi connectivity index (χ1n) is 9.12. The van der Waals surface area contributed by atoms with E-state index in [1.54, 1.807) is 41.0 Å². The highest BCUT2D eigenvalue weighted by molar-refractivity contribution is 6.08. The molecule has 7 heteroatoms. The number of amides is 1. The van der Waals surface area contributed by atoms with Crippen LogP contribution < -0.4 is 5.32 Å². The van der Waals surface area contributed by atoms with Crippen LogP contribution in [0.15, 0.2) is 66.7 Å². The number of benzene rings is 2. The van der Waals surface area contributed by atoms with Crippen molar-refractivity contribution in [3.63, 3.8) is 0 Å². The summed E-state index contributed by atoms with van der Waals surface area (Å²) in [5, 5.41) is 2.41. The third kappa shape index (κ3) is 3.55. The average Bonchev–Trinajstić information content (AvgIpc) is 3.30. The van der Waals surface area contributed by atoms with Gasteiger partial charge in [0.15, 0.2) is 0 Å². The number of ketones is 1. The lowest BCUT2D eigenvalue weighted by Crippen LogP contribution is -2.21. The minimum Gasteiger partial charge on any atom is -0.341 e. The number of hydrogen-bond acceptors (Lipinski definition) is 2. The zero-order chi connectivity index (χ0) is 20.6.